The van der Waals surface area contributed by atoms with Crippen LogP contribution in [0.3, 0.4) is 0 Å². The molecule has 0 N–H and O–H groups in total. The van der Waals surface area contributed by atoms with Gasteiger partial charge in [-0.15, -0.1) is 0 Å². The maximum atomic E-state index is 11.9. The van der Waals surface area contributed by atoms with Crippen molar-refractivity contribution in [3.8, 4) is 0 Å². The van der Waals surface area contributed by atoms with Gasteiger partial charge >= 0.3 is 11.9 Å². The van der Waals surface area contributed by atoms with Crippen LogP contribution in [0.2, 0.25) is 0 Å². The van der Waals surface area contributed by atoms with Crippen molar-refractivity contribution in [2.24, 2.45) is 5.41 Å². The van der Waals surface area contributed by atoms with E-state index in [1.165, 1.54) is 19.3 Å². The number of unbranched alkanes of at least 4 members (excludes halogenated alkanes) is 4. The van der Waals surface area contributed by atoms with Gasteiger partial charge < -0.3 is 9.47 Å². The molecule has 22 heavy (non-hydrogen) atoms. The molecule has 1 aliphatic rings. The molecule has 0 heterocycles. The van der Waals surface area contributed by atoms with E-state index in [0.29, 0.717) is 13.0 Å². The van der Waals surface area contributed by atoms with Crippen molar-refractivity contribution in [1.82, 2.24) is 0 Å². The van der Waals surface area contributed by atoms with E-state index in [0.717, 1.165) is 38.5 Å². The number of rotatable bonds is 13. The van der Waals surface area contributed by atoms with Gasteiger partial charge in [0.1, 0.15) is 6.61 Å². The van der Waals surface area contributed by atoms with Gasteiger partial charge in [0.25, 0.3) is 0 Å². The first-order chi connectivity index (χ1) is 10.6. The van der Waals surface area contributed by atoms with Gasteiger partial charge in [0.15, 0.2) is 0 Å². The molecule has 0 unspecified atom stereocenters. The van der Waals surface area contributed by atoms with E-state index < -0.39 is 0 Å². The van der Waals surface area contributed by atoms with E-state index in [1.807, 2.05) is 0 Å². The summed E-state index contributed by atoms with van der Waals surface area (Å²) in [7, 11) is 0. The van der Waals surface area contributed by atoms with Crippen molar-refractivity contribution in [3.63, 3.8) is 0 Å². The van der Waals surface area contributed by atoms with Crippen LogP contribution in [0.1, 0.15) is 71.1 Å². The number of carbonyl (C=O) groups excluding carboxylic acids is 2. The zero-order chi connectivity index (χ0) is 16.3. The molecule has 0 atom stereocenters. The molecule has 4 nitrogen and oxygen atoms in total. The lowest BCUT2D eigenvalue weighted by atomic mass is 10.0. The van der Waals surface area contributed by atoms with E-state index in [4.69, 9.17) is 9.47 Å². The highest BCUT2D eigenvalue weighted by atomic mass is 16.5. The zero-order valence-electron chi connectivity index (χ0n) is 13.9. The second-order valence-electron chi connectivity index (χ2n) is 6.16. The van der Waals surface area contributed by atoms with Gasteiger partial charge in [-0.1, -0.05) is 45.3 Å². The van der Waals surface area contributed by atoms with Crippen LogP contribution in [-0.4, -0.2) is 25.2 Å². The van der Waals surface area contributed by atoms with Crippen LogP contribution < -0.4 is 0 Å². The molecular formula is C18H30O4. The third-order valence-corrected chi connectivity index (χ3v) is 4.17. The first kappa shape index (κ1) is 18.7. The highest BCUT2D eigenvalue weighted by Gasteiger charge is 2.50. The lowest BCUT2D eigenvalue weighted by Crippen LogP contribution is -2.20. The van der Waals surface area contributed by atoms with Crippen LogP contribution in [0.25, 0.3) is 0 Å². The lowest BCUT2D eigenvalue weighted by Gasteiger charge is -2.13. The molecule has 0 amide bonds. The first-order valence-corrected chi connectivity index (χ1v) is 8.58. The van der Waals surface area contributed by atoms with Crippen LogP contribution in [0.15, 0.2) is 12.7 Å². The normalized spacial score (nSPS) is 15.1. The lowest BCUT2D eigenvalue weighted by molar-refractivity contribution is -0.149. The van der Waals surface area contributed by atoms with E-state index in [2.05, 4.69) is 13.5 Å². The smallest absolute Gasteiger partial charge is 0.312 e. The standard InChI is InChI=1S/C18H30O4/c1-3-5-6-7-8-10-16(19)21-15-9-11-18(12-13-18)17(20)22-14-4-2/h4H,2-3,5-15H2,1H3. The van der Waals surface area contributed by atoms with Crippen molar-refractivity contribution < 1.29 is 19.1 Å². The summed E-state index contributed by atoms with van der Waals surface area (Å²) in [5.41, 5.74) is -0.310. The molecule has 0 radical (unpaired) electrons. The van der Waals surface area contributed by atoms with E-state index in [1.54, 1.807) is 6.08 Å². The molecule has 0 aromatic rings. The third kappa shape index (κ3) is 7.10. The summed E-state index contributed by atoms with van der Waals surface area (Å²) in [6, 6.07) is 0. The maximum absolute atomic E-state index is 11.9. The van der Waals surface area contributed by atoms with Gasteiger partial charge in [-0.3, -0.25) is 9.59 Å². The highest BCUT2D eigenvalue weighted by molar-refractivity contribution is 5.79. The van der Waals surface area contributed by atoms with Crippen molar-refractivity contribution in [2.45, 2.75) is 71.1 Å². The Kier molecular flexibility index (Phi) is 8.86. The summed E-state index contributed by atoms with van der Waals surface area (Å²) in [5, 5.41) is 0. The molecule has 1 aliphatic carbocycles. The summed E-state index contributed by atoms with van der Waals surface area (Å²) < 4.78 is 10.3. The van der Waals surface area contributed by atoms with Gasteiger partial charge in [-0.05, 0) is 32.1 Å². The topological polar surface area (TPSA) is 52.6 Å². The number of hydrogen-bond acceptors (Lipinski definition) is 4. The average Bonchev–Trinajstić information content (AvgIpc) is 3.30. The van der Waals surface area contributed by atoms with Crippen molar-refractivity contribution in [1.29, 1.82) is 0 Å². The highest BCUT2D eigenvalue weighted by Crippen LogP contribution is 2.50. The Hall–Kier alpha value is -1.32. The molecule has 1 saturated carbocycles. The largest absolute Gasteiger partial charge is 0.466 e. The van der Waals surface area contributed by atoms with E-state index in [-0.39, 0.29) is 24.0 Å². The Morgan fingerprint density at radius 2 is 1.82 bits per heavy atom. The Morgan fingerprint density at radius 3 is 2.45 bits per heavy atom. The molecule has 0 aromatic carbocycles. The van der Waals surface area contributed by atoms with E-state index in [9.17, 15) is 9.59 Å². The first-order valence-electron chi connectivity index (χ1n) is 8.58. The molecule has 0 aliphatic heterocycles. The van der Waals surface area contributed by atoms with Crippen LogP contribution >= 0.6 is 0 Å². The Bertz CT molecular complexity index is 358. The molecule has 4 heteroatoms. The predicted molar refractivity (Wildman–Crippen MR) is 86.4 cm³/mol. The Morgan fingerprint density at radius 1 is 1.09 bits per heavy atom. The van der Waals surface area contributed by atoms with Crippen molar-refractivity contribution >= 4 is 11.9 Å². The molecular weight excluding hydrogens is 280 g/mol. The van der Waals surface area contributed by atoms with Crippen molar-refractivity contribution in [2.75, 3.05) is 13.2 Å². The van der Waals surface area contributed by atoms with Crippen LogP contribution in [-0.2, 0) is 19.1 Å². The van der Waals surface area contributed by atoms with Gasteiger partial charge in [0, 0.05) is 6.42 Å². The average molecular weight is 310 g/mol. The van der Waals surface area contributed by atoms with E-state index >= 15 is 0 Å². The number of carbonyl (C=O) groups is 2. The fourth-order valence-corrected chi connectivity index (χ4v) is 2.54. The minimum Gasteiger partial charge on any atom is -0.466 e. The van der Waals surface area contributed by atoms with Gasteiger partial charge in [0.05, 0.1) is 12.0 Å². The van der Waals surface area contributed by atoms with Gasteiger partial charge in [-0.25, -0.2) is 0 Å². The molecule has 0 saturated heterocycles. The zero-order valence-corrected chi connectivity index (χ0v) is 13.9. The molecule has 0 spiro atoms. The quantitative estimate of drug-likeness (QED) is 0.291. The predicted octanol–water partition coefficient (Wildman–Crippen LogP) is 4.18. The fraction of sp³-hybridized carbons (Fsp3) is 0.778. The Balaban J connectivity index is 2.03. The summed E-state index contributed by atoms with van der Waals surface area (Å²) >= 11 is 0. The summed E-state index contributed by atoms with van der Waals surface area (Å²) in [6.45, 7) is 6.39. The molecule has 0 bridgehead atoms. The second-order valence-corrected chi connectivity index (χ2v) is 6.16. The van der Waals surface area contributed by atoms with Crippen molar-refractivity contribution in [3.05, 3.63) is 12.7 Å². The second kappa shape index (κ2) is 10.4. The minimum absolute atomic E-state index is 0.115. The van der Waals surface area contributed by atoms with Crippen LogP contribution in [0.5, 0.6) is 0 Å². The monoisotopic (exact) mass is 310 g/mol. The SMILES string of the molecule is C=CCOC(=O)C1(CCCOC(=O)CCCCCCC)CC1. The van der Waals surface area contributed by atoms with Gasteiger partial charge in [-0.2, -0.15) is 0 Å². The summed E-state index contributed by atoms with van der Waals surface area (Å²) in [5.74, 6) is -0.245. The number of hydrogen-bond donors (Lipinski definition) is 0. The molecule has 1 rings (SSSR count). The fourth-order valence-electron chi connectivity index (χ4n) is 2.54. The minimum atomic E-state index is -0.310. The summed E-state index contributed by atoms with van der Waals surface area (Å²) in [4.78, 5) is 23.4. The maximum Gasteiger partial charge on any atom is 0.312 e. The summed E-state index contributed by atoms with van der Waals surface area (Å²) in [6.07, 6.45) is 11.0. The third-order valence-electron chi connectivity index (χ3n) is 4.17. The number of esters is 2. The molecule has 0 aromatic heterocycles. The molecule has 1 fully saturated rings. The van der Waals surface area contributed by atoms with Crippen LogP contribution in [0, 0.1) is 5.41 Å². The number of ether oxygens (including phenoxy) is 2. The van der Waals surface area contributed by atoms with Crippen LogP contribution in [0.4, 0.5) is 0 Å². The molecule has 126 valence electrons. The van der Waals surface area contributed by atoms with Gasteiger partial charge in [0.2, 0.25) is 0 Å². The Labute approximate surface area is 134 Å².